The van der Waals surface area contributed by atoms with Crippen molar-refractivity contribution in [1.82, 2.24) is 0 Å². The van der Waals surface area contributed by atoms with Crippen molar-refractivity contribution in [2.24, 2.45) is 5.73 Å². The lowest BCUT2D eigenvalue weighted by molar-refractivity contribution is -0.114. The third-order valence-electron chi connectivity index (χ3n) is 3.56. The highest BCUT2D eigenvalue weighted by atomic mass is 79.9. The van der Waals surface area contributed by atoms with Gasteiger partial charge >= 0.3 is 0 Å². The molecule has 2 N–H and O–H groups in total. The fourth-order valence-electron chi connectivity index (χ4n) is 2.63. The van der Waals surface area contributed by atoms with Gasteiger partial charge in [-0.3, -0.25) is 4.79 Å². The van der Waals surface area contributed by atoms with Gasteiger partial charge in [-0.2, -0.15) is 10.5 Å². The molecule has 7 heteroatoms. The summed E-state index contributed by atoms with van der Waals surface area (Å²) in [6.07, 6.45) is 0. The maximum Gasteiger partial charge on any atom is 0.205 e. The van der Waals surface area contributed by atoms with Crippen LogP contribution >= 0.6 is 15.9 Å². The van der Waals surface area contributed by atoms with Gasteiger partial charge in [0.05, 0.1) is 5.92 Å². The number of allylic oxidation sites excluding steroid dienone is 3. The van der Waals surface area contributed by atoms with E-state index in [1.54, 1.807) is 25.1 Å². The zero-order valence-corrected chi connectivity index (χ0v) is 14.7. The summed E-state index contributed by atoms with van der Waals surface area (Å²) in [6.45, 7) is 2.87. The Bertz CT molecular complexity index is 844. The molecule has 0 bridgehead atoms. The average Bonchev–Trinajstić information content (AvgIpc) is 2.52. The van der Waals surface area contributed by atoms with Crippen molar-refractivity contribution < 1.29 is 14.3 Å². The van der Waals surface area contributed by atoms with Gasteiger partial charge in [0, 0.05) is 15.6 Å². The number of halogens is 1. The van der Waals surface area contributed by atoms with E-state index >= 15 is 0 Å². The smallest absolute Gasteiger partial charge is 0.205 e. The molecule has 1 unspecified atom stereocenters. The molecule has 1 aromatic rings. The molecule has 0 spiro atoms. The summed E-state index contributed by atoms with van der Waals surface area (Å²) in [5, 5.41) is 18.3. The maximum absolute atomic E-state index is 12.2. The number of nitriles is 2. The van der Waals surface area contributed by atoms with Gasteiger partial charge < -0.3 is 15.2 Å². The Kier molecular flexibility index (Phi) is 5.28. The van der Waals surface area contributed by atoms with E-state index in [9.17, 15) is 10.1 Å². The second-order valence-corrected chi connectivity index (χ2v) is 6.00. The third kappa shape index (κ3) is 3.27. The topological polar surface area (TPSA) is 109 Å². The number of Topliss-reactive ketones (excluding diaryl/α,β-unsaturated/α-hetero) is 1. The van der Waals surface area contributed by atoms with Crippen molar-refractivity contribution in [3.05, 3.63) is 51.0 Å². The van der Waals surface area contributed by atoms with Gasteiger partial charge in [0.15, 0.2) is 12.4 Å². The van der Waals surface area contributed by atoms with Crippen LogP contribution in [0.3, 0.4) is 0 Å². The van der Waals surface area contributed by atoms with Gasteiger partial charge in [0.2, 0.25) is 5.88 Å². The minimum Gasteiger partial charge on any atom is -0.478 e. The Morgan fingerprint density at radius 2 is 2.17 bits per heavy atom. The molecule has 0 saturated heterocycles. The van der Waals surface area contributed by atoms with Crippen LogP contribution in [0.2, 0.25) is 0 Å². The van der Waals surface area contributed by atoms with E-state index in [-0.39, 0.29) is 23.8 Å². The Morgan fingerprint density at radius 1 is 1.46 bits per heavy atom. The van der Waals surface area contributed by atoms with E-state index in [4.69, 9.17) is 20.5 Å². The number of carbonyl (C=O) groups excluding carboxylic acids is 1. The van der Waals surface area contributed by atoms with Crippen LogP contribution in [0.5, 0.6) is 5.75 Å². The van der Waals surface area contributed by atoms with Crippen molar-refractivity contribution in [2.45, 2.75) is 19.8 Å². The lowest BCUT2D eigenvalue weighted by atomic mass is 9.81. The molecule has 1 atom stereocenters. The molecular formula is C17H14BrN3O3. The predicted molar refractivity (Wildman–Crippen MR) is 89.3 cm³/mol. The SMILES string of the molecule is CC(=O)C1=C(C)OC(N)=C(C#N)C1c1cc(Br)ccc1OCC#N. The highest BCUT2D eigenvalue weighted by molar-refractivity contribution is 9.10. The van der Waals surface area contributed by atoms with Crippen LogP contribution in [0, 0.1) is 22.7 Å². The molecular weight excluding hydrogens is 374 g/mol. The van der Waals surface area contributed by atoms with Crippen LogP contribution in [0.15, 0.2) is 45.5 Å². The zero-order chi connectivity index (χ0) is 17.9. The molecule has 0 aromatic heterocycles. The van der Waals surface area contributed by atoms with Crippen LogP contribution in [-0.2, 0) is 9.53 Å². The number of carbonyl (C=O) groups is 1. The number of benzene rings is 1. The molecule has 0 aliphatic carbocycles. The van der Waals surface area contributed by atoms with E-state index < -0.39 is 5.92 Å². The van der Waals surface area contributed by atoms with Crippen molar-refractivity contribution in [2.75, 3.05) is 6.61 Å². The van der Waals surface area contributed by atoms with E-state index in [0.717, 1.165) is 4.47 Å². The lowest BCUT2D eigenvalue weighted by Crippen LogP contribution is -2.23. The number of ketones is 1. The standard InChI is InChI=1S/C17H14BrN3O3/c1-9(22)15-10(2)24-17(21)13(8-20)16(15)12-7-11(18)3-4-14(12)23-6-5-19/h3-4,7,16H,6,21H2,1-2H3. The Morgan fingerprint density at radius 3 is 2.75 bits per heavy atom. The summed E-state index contributed by atoms with van der Waals surface area (Å²) in [7, 11) is 0. The Labute approximate surface area is 147 Å². The lowest BCUT2D eigenvalue weighted by Gasteiger charge is -2.28. The molecule has 1 aliphatic heterocycles. The van der Waals surface area contributed by atoms with Crippen LogP contribution in [0.4, 0.5) is 0 Å². The minimum atomic E-state index is -0.715. The van der Waals surface area contributed by atoms with Crippen LogP contribution in [-0.4, -0.2) is 12.4 Å². The highest BCUT2D eigenvalue weighted by Gasteiger charge is 2.35. The second-order valence-electron chi connectivity index (χ2n) is 5.08. The van der Waals surface area contributed by atoms with Crippen molar-refractivity contribution in [3.8, 4) is 17.9 Å². The number of rotatable bonds is 4. The molecule has 0 saturated carbocycles. The van der Waals surface area contributed by atoms with Crippen molar-refractivity contribution in [3.63, 3.8) is 0 Å². The van der Waals surface area contributed by atoms with E-state index in [1.165, 1.54) is 6.92 Å². The predicted octanol–water partition coefficient (Wildman–Crippen LogP) is 3.02. The van der Waals surface area contributed by atoms with Crippen LogP contribution in [0.1, 0.15) is 25.3 Å². The molecule has 1 aromatic carbocycles. The molecule has 24 heavy (non-hydrogen) atoms. The minimum absolute atomic E-state index is 0.0452. The molecule has 2 rings (SSSR count). The molecule has 0 fully saturated rings. The summed E-state index contributed by atoms with van der Waals surface area (Å²) >= 11 is 3.38. The number of nitrogens with two attached hydrogens (primary N) is 1. The zero-order valence-electron chi connectivity index (χ0n) is 13.1. The molecule has 6 nitrogen and oxygen atoms in total. The largest absolute Gasteiger partial charge is 0.478 e. The Balaban J connectivity index is 2.72. The summed E-state index contributed by atoms with van der Waals surface area (Å²) in [5.41, 5.74) is 6.87. The first kappa shape index (κ1) is 17.6. The highest BCUT2D eigenvalue weighted by Crippen LogP contribution is 2.43. The van der Waals surface area contributed by atoms with Crippen LogP contribution < -0.4 is 10.5 Å². The molecule has 1 aliphatic rings. The first-order valence-corrected chi connectivity index (χ1v) is 7.78. The maximum atomic E-state index is 12.2. The first-order chi connectivity index (χ1) is 11.4. The number of ether oxygens (including phenoxy) is 2. The number of hydrogen-bond donors (Lipinski definition) is 1. The summed E-state index contributed by atoms with van der Waals surface area (Å²) in [5.74, 6) is -0.249. The van der Waals surface area contributed by atoms with Gasteiger partial charge in [0.25, 0.3) is 0 Å². The fraction of sp³-hybridized carbons (Fsp3) is 0.235. The quantitative estimate of drug-likeness (QED) is 0.849. The normalized spacial score (nSPS) is 17.0. The molecule has 0 radical (unpaired) electrons. The number of nitrogens with zero attached hydrogens (tertiary/aromatic N) is 2. The van der Waals surface area contributed by atoms with Gasteiger partial charge in [-0.25, -0.2) is 0 Å². The van der Waals surface area contributed by atoms with Crippen molar-refractivity contribution >= 4 is 21.7 Å². The van der Waals surface area contributed by atoms with Crippen LogP contribution in [0.25, 0.3) is 0 Å². The third-order valence-corrected chi connectivity index (χ3v) is 4.05. The van der Waals surface area contributed by atoms with E-state index in [2.05, 4.69) is 15.9 Å². The van der Waals surface area contributed by atoms with Gasteiger partial charge in [-0.15, -0.1) is 0 Å². The van der Waals surface area contributed by atoms with E-state index in [1.807, 2.05) is 12.1 Å². The Hall–Kier alpha value is -2.77. The first-order valence-electron chi connectivity index (χ1n) is 6.99. The van der Waals surface area contributed by atoms with Gasteiger partial charge in [-0.1, -0.05) is 15.9 Å². The summed E-state index contributed by atoms with van der Waals surface area (Å²) < 4.78 is 11.6. The molecule has 122 valence electrons. The second kappa shape index (κ2) is 7.20. The van der Waals surface area contributed by atoms with Crippen molar-refractivity contribution in [1.29, 1.82) is 10.5 Å². The van der Waals surface area contributed by atoms with Gasteiger partial charge in [0.1, 0.15) is 29.2 Å². The van der Waals surface area contributed by atoms with Gasteiger partial charge in [-0.05, 0) is 32.0 Å². The average molecular weight is 388 g/mol. The molecule has 1 heterocycles. The summed E-state index contributed by atoms with van der Waals surface area (Å²) in [6, 6.07) is 9.08. The monoisotopic (exact) mass is 387 g/mol. The fourth-order valence-corrected chi connectivity index (χ4v) is 3.01. The van der Waals surface area contributed by atoms with E-state index in [0.29, 0.717) is 22.6 Å². The number of hydrogen-bond acceptors (Lipinski definition) is 6. The molecule has 0 amide bonds. The summed E-state index contributed by atoms with van der Waals surface area (Å²) in [4.78, 5) is 12.2.